The summed E-state index contributed by atoms with van der Waals surface area (Å²) >= 11 is 0. The van der Waals surface area contributed by atoms with Gasteiger partial charge in [0, 0.05) is 11.6 Å². The maximum Gasteiger partial charge on any atom is 0.329 e. The summed E-state index contributed by atoms with van der Waals surface area (Å²) in [5.74, 6) is -1.44. The molecule has 0 saturated carbocycles. The molecule has 5 atom stereocenters. The van der Waals surface area contributed by atoms with Crippen molar-refractivity contribution < 1.29 is 19.1 Å². The van der Waals surface area contributed by atoms with Gasteiger partial charge in [0.15, 0.2) is 0 Å². The number of esters is 2. The number of ether oxygens (including phenoxy) is 2. The minimum atomic E-state index is -0.738. The number of benzene rings is 2. The molecule has 0 aromatic heterocycles. The molecule has 0 unspecified atom stereocenters. The third-order valence-electron chi connectivity index (χ3n) is 6.10. The lowest BCUT2D eigenvalue weighted by Gasteiger charge is -2.51. The minimum Gasteiger partial charge on any atom is -0.469 e. The van der Waals surface area contributed by atoms with Crippen LogP contribution < -0.4 is 10.2 Å². The molecule has 1 fully saturated rings. The molecule has 3 aliphatic rings. The van der Waals surface area contributed by atoms with Crippen molar-refractivity contribution in [3.05, 3.63) is 65.2 Å². The van der Waals surface area contributed by atoms with E-state index < -0.39 is 23.9 Å². The second-order valence-electron chi connectivity index (χ2n) is 7.18. The van der Waals surface area contributed by atoms with Gasteiger partial charge in [0.05, 0.1) is 26.4 Å². The lowest BCUT2D eigenvalue weighted by atomic mass is 9.74. The van der Waals surface area contributed by atoms with E-state index in [1.165, 1.54) is 19.8 Å². The number of hydrogen-bond donors (Lipinski definition) is 1. The summed E-state index contributed by atoms with van der Waals surface area (Å²) in [7, 11) is 2.72. The van der Waals surface area contributed by atoms with Crippen molar-refractivity contribution in [3.8, 4) is 0 Å². The van der Waals surface area contributed by atoms with Crippen LogP contribution in [0.5, 0.6) is 0 Å². The summed E-state index contributed by atoms with van der Waals surface area (Å²) in [6.45, 7) is 0. The van der Waals surface area contributed by atoms with Crippen LogP contribution in [0.4, 0.5) is 5.69 Å². The molecule has 1 saturated heterocycles. The Bertz CT molecular complexity index is 943. The van der Waals surface area contributed by atoms with Crippen LogP contribution in [0.1, 0.15) is 28.7 Å². The van der Waals surface area contributed by atoms with Crippen molar-refractivity contribution >= 4 is 17.6 Å². The fraction of sp³-hybridized carbons (Fsp3) is 0.333. The van der Waals surface area contributed by atoms with Gasteiger partial charge in [0.1, 0.15) is 12.0 Å². The molecule has 2 aromatic carbocycles. The fourth-order valence-corrected chi connectivity index (χ4v) is 5.09. The number of rotatable bonds is 2. The molecule has 0 amide bonds. The van der Waals surface area contributed by atoms with E-state index in [4.69, 9.17) is 9.47 Å². The number of carbonyl (C=O) groups is 2. The summed E-state index contributed by atoms with van der Waals surface area (Å²) < 4.78 is 10.2. The van der Waals surface area contributed by atoms with E-state index in [9.17, 15) is 9.59 Å². The quantitative estimate of drug-likeness (QED) is 0.822. The van der Waals surface area contributed by atoms with Crippen molar-refractivity contribution in [1.82, 2.24) is 5.32 Å². The van der Waals surface area contributed by atoms with Gasteiger partial charge in [-0.15, -0.1) is 0 Å². The highest BCUT2D eigenvalue weighted by atomic mass is 16.5. The smallest absolute Gasteiger partial charge is 0.329 e. The zero-order valence-corrected chi connectivity index (χ0v) is 15.1. The maximum atomic E-state index is 12.8. The molecular weight excluding hydrogens is 344 g/mol. The highest BCUT2D eigenvalue weighted by Gasteiger charge is 2.59. The van der Waals surface area contributed by atoms with Gasteiger partial charge in [-0.2, -0.15) is 0 Å². The number of fused-ring (bicyclic) bond motifs is 7. The molecule has 3 heterocycles. The average molecular weight is 364 g/mol. The average Bonchev–Trinajstić information content (AvgIpc) is 3.07. The van der Waals surface area contributed by atoms with Crippen LogP contribution in [0.2, 0.25) is 0 Å². The van der Waals surface area contributed by atoms with E-state index in [0.717, 1.165) is 16.8 Å². The molecule has 2 aromatic rings. The van der Waals surface area contributed by atoms with E-state index in [1.807, 2.05) is 41.3 Å². The number of nitrogens with one attached hydrogen (secondary N) is 1. The lowest BCUT2D eigenvalue weighted by Crippen LogP contribution is -2.67. The summed E-state index contributed by atoms with van der Waals surface area (Å²) in [6.07, 6.45) is -0.104. The number of para-hydroxylation sites is 1. The number of hydrogen-bond acceptors (Lipinski definition) is 6. The summed E-state index contributed by atoms with van der Waals surface area (Å²) in [5, 5.41) is 3.61. The topological polar surface area (TPSA) is 67.9 Å². The van der Waals surface area contributed by atoms with Crippen molar-refractivity contribution in [2.75, 3.05) is 19.1 Å². The highest BCUT2D eigenvalue weighted by Crippen LogP contribution is 2.54. The second kappa shape index (κ2) is 5.82. The SMILES string of the molecule is COC(=O)[C@H]1[C@@H]2N[C@H]3[C@@H](c4ccccc42)c2ccccc2N3[C@H]1C(=O)OC. The Morgan fingerprint density at radius 2 is 1.52 bits per heavy atom. The Kier molecular flexibility index (Phi) is 3.52. The first kappa shape index (κ1) is 16.3. The lowest BCUT2D eigenvalue weighted by molar-refractivity contribution is -0.157. The first-order valence-electron chi connectivity index (χ1n) is 9.05. The molecule has 0 aliphatic carbocycles. The highest BCUT2D eigenvalue weighted by molar-refractivity contribution is 5.91. The van der Waals surface area contributed by atoms with E-state index in [2.05, 4.69) is 17.4 Å². The van der Waals surface area contributed by atoms with Crippen LogP contribution in [0, 0.1) is 5.92 Å². The normalized spacial score (nSPS) is 29.6. The molecule has 0 radical (unpaired) electrons. The van der Waals surface area contributed by atoms with Crippen LogP contribution in [0.25, 0.3) is 0 Å². The standard InChI is InChI=1S/C21H20N2O4/c1-26-20(24)16-17-12-8-4-3-7-11(12)15-13-9-5-6-10-14(13)23(19(15)22-17)18(16)21(25)27-2/h3-10,15-19,22H,1-2H3/t15-,16-,17+,18+,19+/m0/s1. The second-order valence-corrected chi connectivity index (χ2v) is 7.18. The molecule has 2 bridgehead atoms. The van der Waals surface area contributed by atoms with Gasteiger partial charge in [-0.1, -0.05) is 42.5 Å². The number of methoxy groups -OCH3 is 2. The molecule has 5 rings (SSSR count). The van der Waals surface area contributed by atoms with Crippen molar-refractivity contribution in [3.63, 3.8) is 0 Å². The Balaban J connectivity index is 1.81. The summed E-state index contributed by atoms with van der Waals surface area (Å²) in [4.78, 5) is 27.7. The monoisotopic (exact) mass is 364 g/mol. The molecule has 27 heavy (non-hydrogen) atoms. The van der Waals surface area contributed by atoms with Crippen LogP contribution in [-0.2, 0) is 19.1 Å². The van der Waals surface area contributed by atoms with Crippen molar-refractivity contribution in [1.29, 1.82) is 0 Å². The number of nitrogens with zero attached hydrogens (tertiary/aromatic N) is 1. The predicted octanol–water partition coefficient (Wildman–Crippen LogP) is 1.95. The Morgan fingerprint density at radius 1 is 0.889 bits per heavy atom. The Morgan fingerprint density at radius 3 is 2.22 bits per heavy atom. The molecule has 0 spiro atoms. The van der Waals surface area contributed by atoms with Gasteiger partial charge in [0.2, 0.25) is 0 Å². The van der Waals surface area contributed by atoms with E-state index in [1.54, 1.807) is 0 Å². The molecule has 3 aliphatic heterocycles. The van der Waals surface area contributed by atoms with E-state index >= 15 is 0 Å². The van der Waals surface area contributed by atoms with Gasteiger partial charge < -0.3 is 14.4 Å². The third kappa shape index (κ3) is 2.04. The van der Waals surface area contributed by atoms with Gasteiger partial charge in [0.25, 0.3) is 0 Å². The molecule has 138 valence electrons. The Labute approximate surface area is 157 Å². The molecule has 6 heteroatoms. The van der Waals surface area contributed by atoms with Crippen LogP contribution in [0.3, 0.4) is 0 Å². The van der Waals surface area contributed by atoms with Crippen molar-refractivity contribution in [2.24, 2.45) is 5.92 Å². The third-order valence-corrected chi connectivity index (χ3v) is 6.10. The van der Waals surface area contributed by atoms with Gasteiger partial charge in [-0.05, 0) is 22.8 Å². The van der Waals surface area contributed by atoms with Gasteiger partial charge in [-0.25, -0.2) is 4.79 Å². The predicted molar refractivity (Wildman–Crippen MR) is 98.2 cm³/mol. The first-order chi connectivity index (χ1) is 13.2. The van der Waals surface area contributed by atoms with Gasteiger partial charge in [-0.3, -0.25) is 10.1 Å². The van der Waals surface area contributed by atoms with E-state index in [-0.39, 0.29) is 18.1 Å². The van der Waals surface area contributed by atoms with Gasteiger partial charge >= 0.3 is 11.9 Å². The van der Waals surface area contributed by atoms with Crippen LogP contribution in [0.15, 0.2) is 48.5 Å². The number of carbonyl (C=O) groups excluding carboxylic acids is 2. The Hall–Kier alpha value is -2.86. The van der Waals surface area contributed by atoms with E-state index in [0.29, 0.717) is 0 Å². The zero-order valence-electron chi connectivity index (χ0n) is 15.1. The summed E-state index contributed by atoms with van der Waals surface area (Å²) in [6, 6.07) is 15.2. The zero-order chi connectivity index (χ0) is 18.7. The molecule has 1 N–H and O–H groups in total. The van der Waals surface area contributed by atoms with Crippen LogP contribution in [-0.4, -0.2) is 38.4 Å². The summed E-state index contributed by atoms with van der Waals surface area (Å²) in [5.41, 5.74) is 4.35. The fourth-order valence-electron chi connectivity index (χ4n) is 5.09. The largest absolute Gasteiger partial charge is 0.469 e. The molecular formula is C21H20N2O4. The molecule has 6 nitrogen and oxygen atoms in total. The maximum absolute atomic E-state index is 12.8. The van der Waals surface area contributed by atoms with Crippen LogP contribution >= 0.6 is 0 Å². The first-order valence-corrected chi connectivity index (χ1v) is 9.05. The minimum absolute atomic E-state index is 0.0967. The number of anilines is 1. The van der Waals surface area contributed by atoms with Crippen molar-refractivity contribution in [2.45, 2.75) is 24.2 Å².